The van der Waals surface area contributed by atoms with Crippen LogP contribution in [-0.2, 0) is 11.2 Å². The van der Waals surface area contributed by atoms with Gasteiger partial charge in [0.25, 0.3) is 0 Å². The Bertz CT molecular complexity index is 661. The van der Waals surface area contributed by atoms with Gasteiger partial charge in [-0.05, 0) is 29.7 Å². The summed E-state index contributed by atoms with van der Waals surface area (Å²) in [6, 6.07) is 14.6. The van der Waals surface area contributed by atoms with Crippen LogP contribution in [0.2, 0.25) is 10.0 Å². The maximum atomic E-state index is 12.6. The van der Waals surface area contributed by atoms with E-state index in [2.05, 4.69) is 0 Å². The maximum Gasteiger partial charge on any atom is 0.227 e. The van der Waals surface area contributed by atoms with Gasteiger partial charge < -0.3 is 10.0 Å². The van der Waals surface area contributed by atoms with E-state index in [0.29, 0.717) is 16.5 Å². The van der Waals surface area contributed by atoms with Gasteiger partial charge in [-0.25, -0.2) is 0 Å². The van der Waals surface area contributed by atoms with Gasteiger partial charge >= 0.3 is 0 Å². The molecule has 0 radical (unpaired) electrons. The zero-order chi connectivity index (χ0) is 16.8. The summed E-state index contributed by atoms with van der Waals surface area (Å²) in [4.78, 5) is 14.3. The molecular weight excluding hydrogens is 333 g/mol. The van der Waals surface area contributed by atoms with E-state index in [4.69, 9.17) is 23.2 Å². The van der Waals surface area contributed by atoms with Crippen LogP contribution in [0.3, 0.4) is 0 Å². The molecule has 1 atom stereocenters. The minimum atomic E-state index is -0.167. The fourth-order valence-corrected chi connectivity index (χ4v) is 2.98. The summed E-state index contributed by atoms with van der Waals surface area (Å²) in [6.07, 6.45) is 0.682. The van der Waals surface area contributed by atoms with Crippen molar-refractivity contribution < 1.29 is 9.90 Å². The first-order valence-corrected chi connectivity index (χ1v) is 8.14. The quantitative estimate of drug-likeness (QED) is 0.850. The van der Waals surface area contributed by atoms with Gasteiger partial charge in [-0.1, -0.05) is 59.6 Å². The van der Waals surface area contributed by atoms with Gasteiger partial charge in [0.1, 0.15) is 0 Å². The van der Waals surface area contributed by atoms with Crippen LogP contribution in [0.5, 0.6) is 0 Å². The van der Waals surface area contributed by atoms with Crippen LogP contribution in [0.25, 0.3) is 0 Å². The molecule has 5 heteroatoms. The molecule has 0 aliphatic carbocycles. The molecule has 0 aliphatic heterocycles. The van der Waals surface area contributed by atoms with E-state index in [1.807, 2.05) is 30.3 Å². The lowest BCUT2D eigenvalue weighted by Crippen LogP contribution is -2.33. The first-order valence-electron chi connectivity index (χ1n) is 7.38. The van der Waals surface area contributed by atoms with Crippen molar-refractivity contribution in [1.29, 1.82) is 0 Å². The highest BCUT2D eigenvalue weighted by Crippen LogP contribution is 2.26. The molecule has 1 amide bonds. The van der Waals surface area contributed by atoms with E-state index in [9.17, 15) is 9.90 Å². The summed E-state index contributed by atoms with van der Waals surface area (Å²) >= 11 is 12.0. The lowest BCUT2D eigenvalue weighted by Gasteiger charge is -2.28. The fraction of sp³-hybridized carbons (Fsp3) is 0.278. The normalized spacial score (nSPS) is 12.0. The third kappa shape index (κ3) is 4.71. The Morgan fingerprint density at radius 1 is 1.17 bits per heavy atom. The monoisotopic (exact) mass is 351 g/mol. The van der Waals surface area contributed by atoms with Gasteiger partial charge in [-0.3, -0.25) is 4.79 Å². The number of nitrogens with zero attached hydrogens (tertiary/aromatic N) is 1. The summed E-state index contributed by atoms with van der Waals surface area (Å²) in [5, 5.41) is 10.3. The molecule has 0 saturated carbocycles. The Labute approximate surface area is 146 Å². The van der Waals surface area contributed by atoms with Crippen molar-refractivity contribution in [2.75, 3.05) is 13.7 Å². The standard InChI is InChI=1S/C18H19Cl2NO2/c1-21(17(9-10-22)13-5-3-2-4-6-13)18(23)11-14-7-8-15(19)12-16(14)20/h2-8,12,17,22H,9-11H2,1H3/t17-/m1/s1. The SMILES string of the molecule is CN(C(=O)Cc1ccc(Cl)cc1Cl)[C@H](CCO)c1ccccc1. The molecule has 3 nitrogen and oxygen atoms in total. The van der Waals surface area contributed by atoms with Crippen molar-refractivity contribution in [3.63, 3.8) is 0 Å². The largest absolute Gasteiger partial charge is 0.396 e. The Kier molecular flexibility index (Phi) is 6.46. The molecular formula is C18H19Cl2NO2. The van der Waals surface area contributed by atoms with Crippen molar-refractivity contribution in [3.8, 4) is 0 Å². The van der Waals surface area contributed by atoms with Crippen LogP contribution in [0.1, 0.15) is 23.6 Å². The highest BCUT2D eigenvalue weighted by Gasteiger charge is 2.21. The molecule has 0 aliphatic rings. The van der Waals surface area contributed by atoms with E-state index in [1.54, 1.807) is 30.1 Å². The summed E-state index contributed by atoms with van der Waals surface area (Å²) < 4.78 is 0. The Morgan fingerprint density at radius 2 is 1.87 bits per heavy atom. The molecule has 23 heavy (non-hydrogen) atoms. The number of amides is 1. The lowest BCUT2D eigenvalue weighted by molar-refractivity contribution is -0.131. The summed E-state index contributed by atoms with van der Waals surface area (Å²) in [7, 11) is 1.75. The molecule has 2 aromatic rings. The summed E-state index contributed by atoms with van der Waals surface area (Å²) in [5.41, 5.74) is 1.74. The Balaban J connectivity index is 2.16. The topological polar surface area (TPSA) is 40.5 Å². The highest BCUT2D eigenvalue weighted by molar-refractivity contribution is 6.35. The second kappa shape index (κ2) is 8.34. The number of hydrogen-bond donors (Lipinski definition) is 1. The number of aliphatic hydroxyl groups excluding tert-OH is 1. The van der Waals surface area contributed by atoms with E-state index < -0.39 is 0 Å². The van der Waals surface area contributed by atoms with E-state index >= 15 is 0 Å². The summed E-state index contributed by atoms with van der Waals surface area (Å²) in [6.45, 7) is 0.0128. The van der Waals surface area contributed by atoms with Gasteiger partial charge in [0.15, 0.2) is 0 Å². The van der Waals surface area contributed by atoms with Crippen LogP contribution in [0, 0.1) is 0 Å². The Morgan fingerprint density at radius 3 is 2.48 bits per heavy atom. The predicted octanol–water partition coefficient (Wildman–Crippen LogP) is 4.12. The number of hydrogen-bond acceptors (Lipinski definition) is 2. The molecule has 0 unspecified atom stereocenters. The van der Waals surface area contributed by atoms with Crippen molar-refractivity contribution in [2.45, 2.75) is 18.9 Å². The summed E-state index contributed by atoms with van der Waals surface area (Å²) in [5.74, 6) is -0.0588. The molecule has 0 spiro atoms. The minimum absolute atomic E-state index is 0.0128. The molecule has 0 bridgehead atoms. The van der Waals surface area contributed by atoms with E-state index in [1.165, 1.54) is 0 Å². The number of halogens is 2. The van der Waals surface area contributed by atoms with Gasteiger partial charge in [-0.15, -0.1) is 0 Å². The number of benzene rings is 2. The molecule has 0 saturated heterocycles. The second-order valence-electron chi connectivity index (χ2n) is 5.36. The molecule has 0 heterocycles. The van der Waals surface area contributed by atoms with Crippen LogP contribution in [-0.4, -0.2) is 29.6 Å². The average molecular weight is 352 g/mol. The maximum absolute atomic E-state index is 12.6. The highest BCUT2D eigenvalue weighted by atomic mass is 35.5. The van der Waals surface area contributed by atoms with Crippen LogP contribution >= 0.6 is 23.2 Å². The lowest BCUT2D eigenvalue weighted by atomic mass is 10.0. The zero-order valence-corrected chi connectivity index (χ0v) is 14.4. The molecule has 0 fully saturated rings. The third-order valence-electron chi connectivity index (χ3n) is 3.80. The third-order valence-corrected chi connectivity index (χ3v) is 4.39. The van der Waals surface area contributed by atoms with Crippen molar-refractivity contribution in [1.82, 2.24) is 4.90 Å². The fourth-order valence-electron chi connectivity index (χ4n) is 2.51. The number of aliphatic hydroxyl groups is 1. The van der Waals surface area contributed by atoms with Gasteiger partial charge in [0.05, 0.1) is 12.5 Å². The van der Waals surface area contributed by atoms with Crippen LogP contribution in [0.15, 0.2) is 48.5 Å². The predicted molar refractivity (Wildman–Crippen MR) is 93.8 cm³/mol. The van der Waals surface area contributed by atoms with Crippen molar-refractivity contribution in [2.24, 2.45) is 0 Å². The molecule has 122 valence electrons. The van der Waals surface area contributed by atoms with Gasteiger partial charge in [0, 0.05) is 23.7 Å². The van der Waals surface area contributed by atoms with Gasteiger partial charge in [-0.2, -0.15) is 0 Å². The zero-order valence-electron chi connectivity index (χ0n) is 12.9. The number of likely N-dealkylation sites (N-methyl/N-ethyl adjacent to an activating group) is 1. The van der Waals surface area contributed by atoms with E-state index in [0.717, 1.165) is 11.1 Å². The first kappa shape index (κ1) is 17.8. The van der Waals surface area contributed by atoms with Crippen LogP contribution in [0.4, 0.5) is 0 Å². The van der Waals surface area contributed by atoms with E-state index in [-0.39, 0.29) is 25.0 Å². The smallest absolute Gasteiger partial charge is 0.227 e. The molecule has 2 rings (SSSR count). The van der Waals surface area contributed by atoms with Gasteiger partial charge in [0.2, 0.25) is 5.91 Å². The average Bonchev–Trinajstić information content (AvgIpc) is 2.55. The van der Waals surface area contributed by atoms with Crippen molar-refractivity contribution >= 4 is 29.1 Å². The molecule has 1 N–H and O–H groups in total. The molecule has 0 aromatic heterocycles. The van der Waals surface area contributed by atoms with Crippen molar-refractivity contribution in [3.05, 3.63) is 69.7 Å². The van der Waals surface area contributed by atoms with Crippen LogP contribution < -0.4 is 0 Å². The number of rotatable bonds is 6. The Hall–Kier alpha value is -1.55. The molecule has 2 aromatic carbocycles. The number of carbonyl (C=O) groups is 1. The first-order chi connectivity index (χ1) is 11.0. The minimum Gasteiger partial charge on any atom is -0.396 e. The second-order valence-corrected chi connectivity index (χ2v) is 6.20. The number of carbonyl (C=O) groups excluding carboxylic acids is 1.